The van der Waals surface area contributed by atoms with Gasteiger partial charge in [0.2, 0.25) is 0 Å². The lowest BCUT2D eigenvalue weighted by molar-refractivity contribution is 0.0808. The fourth-order valence-electron chi connectivity index (χ4n) is 3.44. The van der Waals surface area contributed by atoms with Crippen LogP contribution in [0.4, 0.5) is 0 Å². The van der Waals surface area contributed by atoms with Gasteiger partial charge in [-0.25, -0.2) is 0 Å². The number of hydrogen-bond acceptors (Lipinski definition) is 3. The minimum absolute atomic E-state index is 0.441. The van der Waals surface area contributed by atoms with Gasteiger partial charge in [0.1, 0.15) is 5.75 Å². The van der Waals surface area contributed by atoms with Gasteiger partial charge < -0.3 is 14.8 Å². The summed E-state index contributed by atoms with van der Waals surface area (Å²) in [7, 11) is 0. The van der Waals surface area contributed by atoms with E-state index in [9.17, 15) is 0 Å². The zero-order valence-corrected chi connectivity index (χ0v) is 13.1. The molecule has 2 fully saturated rings. The SMILES string of the molecule is Brc1cc2c(c(CNC3CCOC3C3CC3)c1)OCC2. The molecule has 1 aromatic rings. The second-order valence-corrected chi connectivity index (χ2v) is 7.02. The lowest BCUT2D eigenvalue weighted by Crippen LogP contribution is -2.37. The molecule has 0 radical (unpaired) electrons. The van der Waals surface area contributed by atoms with Gasteiger partial charge in [-0.1, -0.05) is 15.9 Å². The van der Waals surface area contributed by atoms with Gasteiger partial charge in [0, 0.05) is 35.7 Å². The molecule has 2 aliphatic heterocycles. The summed E-state index contributed by atoms with van der Waals surface area (Å²) < 4.78 is 12.8. The maximum Gasteiger partial charge on any atom is 0.127 e. The van der Waals surface area contributed by atoms with Gasteiger partial charge in [-0.15, -0.1) is 0 Å². The molecule has 2 heterocycles. The standard InChI is InChI=1S/C16H20BrNO2/c17-13-7-11-3-5-19-15(11)12(8-13)9-18-14-4-6-20-16(14)10-1-2-10/h7-8,10,14,16,18H,1-6,9H2. The van der Waals surface area contributed by atoms with Crippen LogP contribution in [-0.2, 0) is 17.7 Å². The number of fused-ring (bicyclic) bond motifs is 1. The summed E-state index contributed by atoms with van der Waals surface area (Å²) in [5.41, 5.74) is 2.60. The van der Waals surface area contributed by atoms with Gasteiger partial charge in [0.25, 0.3) is 0 Å². The Bertz CT molecular complexity index is 515. The smallest absolute Gasteiger partial charge is 0.127 e. The van der Waals surface area contributed by atoms with E-state index in [-0.39, 0.29) is 0 Å². The van der Waals surface area contributed by atoms with Crippen LogP contribution in [0, 0.1) is 5.92 Å². The van der Waals surface area contributed by atoms with Crippen LogP contribution >= 0.6 is 15.9 Å². The molecular weight excluding hydrogens is 318 g/mol. The first kappa shape index (κ1) is 13.1. The van der Waals surface area contributed by atoms with Crippen molar-refractivity contribution in [2.45, 2.75) is 44.4 Å². The predicted molar refractivity (Wildman–Crippen MR) is 81.0 cm³/mol. The maximum atomic E-state index is 5.89. The Labute approximate surface area is 128 Å². The maximum absolute atomic E-state index is 5.89. The van der Waals surface area contributed by atoms with Crippen LogP contribution in [0.25, 0.3) is 0 Å². The van der Waals surface area contributed by atoms with Gasteiger partial charge in [0.15, 0.2) is 0 Å². The molecule has 3 nitrogen and oxygen atoms in total. The van der Waals surface area contributed by atoms with E-state index in [2.05, 4.69) is 33.4 Å². The first-order chi connectivity index (χ1) is 9.81. The molecule has 1 saturated carbocycles. The van der Waals surface area contributed by atoms with Crippen LogP contribution in [0.15, 0.2) is 16.6 Å². The number of hydrogen-bond donors (Lipinski definition) is 1. The Balaban J connectivity index is 1.47. The molecule has 1 aliphatic carbocycles. The molecular formula is C16H20BrNO2. The first-order valence-electron chi connectivity index (χ1n) is 7.60. The third kappa shape index (κ3) is 2.49. The fraction of sp³-hybridized carbons (Fsp3) is 0.625. The summed E-state index contributed by atoms with van der Waals surface area (Å²) in [5.74, 6) is 1.90. The van der Waals surface area contributed by atoms with Crippen molar-refractivity contribution in [2.24, 2.45) is 5.92 Å². The Morgan fingerprint density at radius 1 is 1.20 bits per heavy atom. The normalized spacial score (nSPS) is 28.4. The van der Waals surface area contributed by atoms with Crippen molar-refractivity contribution in [3.63, 3.8) is 0 Å². The number of halogens is 1. The molecule has 0 amide bonds. The van der Waals surface area contributed by atoms with Crippen LogP contribution in [0.2, 0.25) is 0 Å². The van der Waals surface area contributed by atoms with Crippen molar-refractivity contribution in [3.8, 4) is 5.75 Å². The predicted octanol–water partition coefficient (Wildman–Crippen LogP) is 3.04. The van der Waals surface area contributed by atoms with Crippen LogP contribution in [0.5, 0.6) is 5.75 Å². The van der Waals surface area contributed by atoms with Gasteiger partial charge >= 0.3 is 0 Å². The van der Waals surface area contributed by atoms with Crippen molar-refractivity contribution < 1.29 is 9.47 Å². The lowest BCUT2D eigenvalue weighted by Gasteiger charge is -2.20. The molecule has 2 unspecified atom stereocenters. The van der Waals surface area contributed by atoms with Gasteiger partial charge in [-0.05, 0) is 42.9 Å². The van der Waals surface area contributed by atoms with E-state index in [0.29, 0.717) is 12.1 Å². The van der Waals surface area contributed by atoms with E-state index >= 15 is 0 Å². The van der Waals surface area contributed by atoms with Crippen molar-refractivity contribution >= 4 is 15.9 Å². The van der Waals surface area contributed by atoms with Crippen LogP contribution in [-0.4, -0.2) is 25.4 Å². The highest BCUT2D eigenvalue weighted by Gasteiger charge is 2.40. The molecule has 1 aromatic carbocycles. The van der Waals surface area contributed by atoms with E-state index in [1.807, 2.05) is 0 Å². The molecule has 108 valence electrons. The highest BCUT2D eigenvalue weighted by atomic mass is 79.9. The molecule has 0 aromatic heterocycles. The third-order valence-corrected chi connectivity index (χ3v) is 5.06. The topological polar surface area (TPSA) is 30.5 Å². The molecule has 0 spiro atoms. The van der Waals surface area contributed by atoms with Crippen LogP contribution < -0.4 is 10.1 Å². The zero-order chi connectivity index (χ0) is 13.5. The lowest BCUT2D eigenvalue weighted by atomic mass is 10.0. The van der Waals surface area contributed by atoms with E-state index in [1.165, 1.54) is 24.0 Å². The number of benzene rings is 1. The van der Waals surface area contributed by atoms with Gasteiger partial charge in [0.05, 0.1) is 12.7 Å². The quantitative estimate of drug-likeness (QED) is 0.915. The largest absolute Gasteiger partial charge is 0.493 e. The van der Waals surface area contributed by atoms with Crippen molar-refractivity contribution in [1.29, 1.82) is 0 Å². The second-order valence-electron chi connectivity index (χ2n) is 6.10. The monoisotopic (exact) mass is 337 g/mol. The number of nitrogens with one attached hydrogen (secondary N) is 1. The molecule has 3 aliphatic rings. The summed E-state index contributed by atoms with van der Waals surface area (Å²) in [6.07, 6.45) is 5.30. The molecule has 20 heavy (non-hydrogen) atoms. The minimum Gasteiger partial charge on any atom is -0.493 e. The highest BCUT2D eigenvalue weighted by molar-refractivity contribution is 9.10. The van der Waals surface area contributed by atoms with E-state index in [0.717, 1.165) is 48.7 Å². The highest BCUT2D eigenvalue weighted by Crippen LogP contribution is 2.39. The van der Waals surface area contributed by atoms with E-state index in [1.54, 1.807) is 0 Å². The van der Waals surface area contributed by atoms with Gasteiger partial charge in [-0.3, -0.25) is 0 Å². The number of ether oxygens (including phenoxy) is 2. The van der Waals surface area contributed by atoms with Crippen LogP contribution in [0.1, 0.15) is 30.4 Å². The molecule has 2 atom stereocenters. The Morgan fingerprint density at radius 3 is 2.95 bits per heavy atom. The van der Waals surface area contributed by atoms with Gasteiger partial charge in [-0.2, -0.15) is 0 Å². The van der Waals surface area contributed by atoms with E-state index < -0.39 is 0 Å². The first-order valence-corrected chi connectivity index (χ1v) is 8.39. The molecule has 1 N–H and O–H groups in total. The summed E-state index contributed by atoms with van der Waals surface area (Å²) in [5, 5.41) is 3.70. The van der Waals surface area contributed by atoms with E-state index in [4.69, 9.17) is 9.47 Å². The van der Waals surface area contributed by atoms with Crippen molar-refractivity contribution in [1.82, 2.24) is 5.32 Å². The van der Waals surface area contributed by atoms with Crippen molar-refractivity contribution in [2.75, 3.05) is 13.2 Å². The summed E-state index contributed by atoms with van der Waals surface area (Å²) in [4.78, 5) is 0. The molecule has 4 rings (SSSR count). The Hall–Kier alpha value is -0.580. The summed E-state index contributed by atoms with van der Waals surface area (Å²) in [6.45, 7) is 2.60. The third-order valence-electron chi connectivity index (χ3n) is 4.60. The van der Waals surface area contributed by atoms with Crippen LogP contribution in [0.3, 0.4) is 0 Å². The average Bonchev–Trinajstić information content (AvgIpc) is 2.99. The average molecular weight is 338 g/mol. The summed E-state index contributed by atoms with van der Waals surface area (Å²) in [6, 6.07) is 4.87. The molecule has 1 saturated heterocycles. The molecule has 0 bridgehead atoms. The van der Waals surface area contributed by atoms with Crippen molar-refractivity contribution in [3.05, 3.63) is 27.7 Å². The zero-order valence-electron chi connectivity index (χ0n) is 11.5. The fourth-order valence-corrected chi connectivity index (χ4v) is 3.99. The second kappa shape index (κ2) is 5.32. The molecule has 4 heteroatoms. The summed E-state index contributed by atoms with van der Waals surface area (Å²) >= 11 is 3.61. The minimum atomic E-state index is 0.441. The Morgan fingerprint density at radius 2 is 2.10 bits per heavy atom. The Kier molecular flexibility index (Phi) is 3.49. The number of rotatable bonds is 4.